The highest BCUT2D eigenvalue weighted by molar-refractivity contribution is 5.84. The van der Waals surface area contributed by atoms with Gasteiger partial charge in [-0.2, -0.15) is 0 Å². The standard InChI is InChI=1S/C13H12N2O3/c1-8-4-3-5-10(9(8)2)13-15-14-11(18-13)6-7-12(16)17/h3-7H,1-2H3,(H,16,17)/b7-6+. The van der Waals surface area contributed by atoms with E-state index < -0.39 is 5.97 Å². The summed E-state index contributed by atoms with van der Waals surface area (Å²) in [4.78, 5) is 10.4. The van der Waals surface area contributed by atoms with Gasteiger partial charge in [-0.05, 0) is 31.0 Å². The number of carboxylic acids is 1. The topological polar surface area (TPSA) is 76.2 Å². The van der Waals surface area contributed by atoms with Crippen LogP contribution in [0.15, 0.2) is 28.7 Å². The van der Waals surface area contributed by atoms with Crippen molar-refractivity contribution in [1.82, 2.24) is 10.2 Å². The Labute approximate surface area is 104 Å². The van der Waals surface area contributed by atoms with E-state index in [2.05, 4.69) is 10.2 Å². The predicted octanol–water partition coefficient (Wildman–Crippen LogP) is 2.45. The van der Waals surface area contributed by atoms with Gasteiger partial charge in [-0.15, -0.1) is 10.2 Å². The maximum atomic E-state index is 10.4. The molecule has 92 valence electrons. The number of rotatable bonds is 3. The minimum Gasteiger partial charge on any atom is -0.478 e. The molecule has 1 heterocycles. The first-order valence-corrected chi connectivity index (χ1v) is 5.39. The minimum absolute atomic E-state index is 0.174. The molecule has 0 unspecified atom stereocenters. The molecular weight excluding hydrogens is 232 g/mol. The molecule has 2 aromatic rings. The van der Waals surface area contributed by atoms with E-state index in [-0.39, 0.29) is 5.89 Å². The van der Waals surface area contributed by atoms with Crippen LogP contribution in [0.3, 0.4) is 0 Å². The van der Waals surface area contributed by atoms with Crippen LogP contribution in [0.4, 0.5) is 0 Å². The number of benzene rings is 1. The van der Waals surface area contributed by atoms with Crippen LogP contribution in [0.5, 0.6) is 0 Å². The number of hydrogen-bond acceptors (Lipinski definition) is 4. The lowest BCUT2D eigenvalue weighted by atomic mass is 10.0. The van der Waals surface area contributed by atoms with E-state index in [0.717, 1.165) is 22.8 Å². The number of aromatic nitrogens is 2. The van der Waals surface area contributed by atoms with E-state index in [1.165, 1.54) is 6.08 Å². The van der Waals surface area contributed by atoms with Gasteiger partial charge in [0, 0.05) is 17.7 Å². The molecule has 1 N–H and O–H groups in total. The van der Waals surface area contributed by atoms with Gasteiger partial charge in [0.1, 0.15) is 0 Å². The average Bonchev–Trinajstić information content (AvgIpc) is 2.78. The third-order valence-electron chi connectivity index (χ3n) is 2.64. The molecule has 2 rings (SSSR count). The monoisotopic (exact) mass is 244 g/mol. The molecule has 0 fully saturated rings. The van der Waals surface area contributed by atoms with E-state index in [9.17, 15) is 4.79 Å². The molecule has 0 saturated heterocycles. The fourth-order valence-electron chi connectivity index (χ4n) is 1.54. The van der Waals surface area contributed by atoms with Crippen molar-refractivity contribution >= 4 is 12.0 Å². The van der Waals surface area contributed by atoms with Crippen molar-refractivity contribution in [2.45, 2.75) is 13.8 Å². The molecular formula is C13H12N2O3. The molecule has 1 aromatic carbocycles. The van der Waals surface area contributed by atoms with Crippen LogP contribution < -0.4 is 0 Å². The second-order valence-corrected chi connectivity index (χ2v) is 3.86. The van der Waals surface area contributed by atoms with Crippen LogP contribution in [0.25, 0.3) is 17.5 Å². The first kappa shape index (κ1) is 12.0. The van der Waals surface area contributed by atoms with E-state index in [1.54, 1.807) is 0 Å². The molecule has 0 aliphatic heterocycles. The van der Waals surface area contributed by atoms with Crippen molar-refractivity contribution in [1.29, 1.82) is 0 Å². The normalized spacial score (nSPS) is 11.0. The lowest BCUT2D eigenvalue weighted by Crippen LogP contribution is -1.86. The first-order valence-electron chi connectivity index (χ1n) is 5.39. The van der Waals surface area contributed by atoms with Crippen LogP contribution in [0, 0.1) is 13.8 Å². The smallest absolute Gasteiger partial charge is 0.328 e. The summed E-state index contributed by atoms with van der Waals surface area (Å²) in [6.07, 6.45) is 2.23. The summed E-state index contributed by atoms with van der Waals surface area (Å²) in [7, 11) is 0. The highest BCUT2D eigenvalue weighted by Crippen LogP contribution is 2.24. The summed E-state index contributed by atoms with van der Waals surface area (Å²) in [5.74, 6) is -0.490. The van der Waals surface area contributed by atoms with Gasteiger partial charge in [-0.3, -0.25) is 0 Å². The van der Waals surface area contributed by atoms with E-state index in [4.69, 9.17) is 9.52 Å². The van der Waals surface area contributed by atoms with Crippen LogP contribution >= 0.6 is 0 Å². The van der Waals surface area contributed by atoms with Crippen LogP contribution in [0.1, 0.15) is 17.0 Å². The molecule has 0 spiro atoms. The Kier molecular flexibility index (Phi) is 3.23. The molecule has 0 bridgehead atoms. The molecule has 0 amide bonds. The van der Waals surface area contributed by atoms with Gasteiger partial charge in [0.15, 0.2) is 0 Å². The van der Waals surface area contributed by atoms with Crippen LogP contribution in [-0.2, 0) is 4.79 Å². The highest BCUT2D eigenvalue weighted by Gasteiger charge is 2.10. The summed E-state index contributed by atoms with van der Waals surface area (Å²) in [5, 5.41) is 16.2. The van der Waals surface area contributed by atoms with Gasteiger partial charge in [0.2, 0.25) is 11.8 Å². The Hall–Kier alpha value is -2.43. The van der Waals surface area contributed by atoms with Gasteiger partial charge in [-0.1, -0.05) is 12.1 Å². The summed E-state index contributed by atoms with van der Waals surface area (Å²) in [5.41, 5.74) is 3.06. The maximum absolute atomic E-state index is 10.4. The summed E-state index contributed by atoms with van der Waals surface area (Å²) in [6, 6.07) is 5.80. The molecule has 0 radical (unpaired) electrons. The molecule has 0 aliphatic rings. The van der Waals surface area contributed by atoms with Crippen LogP contribution in [-0.4, -0.2) is 21.3 Å². The number of carboxylic acid groups (broad SMARTS) is 1. The van der Waals surface area contributed by atoms with Crippen LogP contribution in [0.2, 0.25) is 0 Å². The highest BCUT2D eigenvalue weighted by atomic mass is 16.4. The molecule has 5 nitrogen and oxygen atoms in total. The third kappa shape index (κ3) is 2.45. The molecule has 0 atom stereocenters. The third-order valence-corrected chi connectivity index (χ3v) is 2.64. The van der Waals surface area contributed by atoms with Gasteiger partial charge in [-0.25, -0.2) is 4.79 Å². The molecule has 1 aromatic heterocycles. The fraction of sp³-hybridized carbons (Fsp3) is 0.154. The van der Waals surface area contributed by atoms with Crippen molar-refractivity contribution in [2.24, 2.45) is 0 Å². The largest absolute Gasteiger partial charge is 0.478 e. The van der Waals surface area contributed by atoms with Crippen molar-refractivity contribution < 1.29 is 14.3 Å². The maximum Gasteiger partial charge on any atom is 0.328 e. The van der Waals surface area contributed by atoms with Crippen molar-refractivity contribution in [3.05, 3.63) is 41.3 Å². The second-order valence-electron chi connectivity index (χ2n) is 3.86. The number of nitrogens with zero attached hydrogens (tertiary/aromatic N) is 2. The Morgan fingerprint density at radius 1 is 1.33 bits per heavy atom. The fourth-order valence-corrected chi connectivity index (χ4v) is 1.54. The van der Waals surface area contributed by atoms with E-state index in [0.29, 0.717) is 5.89 Å². The Bertz CT molecular complexity index is 614. The second kappa shape index (κ2) is 4.83. The average molecular weight is 244 g/mol. The van der Waals surface area contributed by atoms with Crippen molar-refractivity contribution in [3.63, 3.8) is 0 Å². The zero-order valence-corrected chi connectivity index (χ0v) is 10.0. The number of aryl methyl sites for hydroxylation is 1. The number of hydrogen-bond donors (Lipinski definition) is 1. The number of aliphatic carboxylic acids is 1. The van der Waals surface area contributed by atoms with E-state index in [1.807, 2.05) is 32.0 Å². The van der Waals surface area contributed by atoms with Crippen molar-refractivity contribution in [2.75, 3.05) is 0 Å². The van der Waals surface area contributed by atoms with Gasteiger partial charge < -0.3 is 9.52 Å². The van der Waals surface area contributed by atoms with E-state index >= 15 is 0 Å². The molecule has 18 heavy (non-hydrogen) atoms. The van der Waals surface area contributed by atoms with Gasteiger partial charge in [0.25, 0.3) is 0 Å². The SMILES string of the molecule is Cc1cccc(-c2nnc(/C=C/C(=O)O)o2)c1C. The molecule has 0 saturated carbocycles. The Morgan fingerprint density at radius 3 is 2.83 bits per heavy atom. The molecule has 0 aliphatic carbocycles. The van der Waals surface area contributed by atoms with Gasteiger partial charge in [0.05, 0.1) is 0 Å². The minimum atomic E-state index is -1.05. The summed E-state index contributed by atoms with van der Waals surface area (Å²) < 4.78 is 5.38. The van der Waals surface area contributed by atoms with Gasteiger partial charge >= 0.3 is 5.97 Å². The summed E-state index contributed by atoms with van der Waals surface area (Å²) in [6.45, 7) is 3.97. The lowest BCUT2D eigenvalue weighted by Gasteiger charge is -2.03. The van der Waals surface area contributed by atoms with Crippen molar-refractivity contribution in [3.8, 4) is 11.5 Å². The summed E-state index contributed by atoms with van der Waals surface area (Å²) >= 11 is 0. The first-order chi connectivity index (χ1) is 8.58. The number of carbonyl (C=O) groups is 1. The predicted molar refractivity (Wildman–Crippen MR) is 65.9 cm³/mol. The zero-order chi connectivity index (χ0) is 13.1. The Balaban J connectivity index is 2.35. The lowest BCUT2D eigenvalue weighted by molar-refractivity contribution is -0.131. The zero-order valence-electron chi connectivity index (χ0n) is 10.0. The molecule has 5 heteroatoms. The quantitative estimate of drug-likeness (QED) is 0.839. The Morgan fingerprint density at radius 2 is 2.11 bits per heavy atom.